The van der Waals surface area contributed by atoms with Crippen molar-refractivity contribution in [3.63, 3.8) is 0 Å². The SMILES string of the molecule is Cc1cncc(CN2CCN(CCn3nc4c(cc3=O)CCCC4)CC2)n1. The average molecular weight is 368 g/mol. The zero-order valence-corrected chi connectivity index (χ0v) is 16.1. The van der Waals surface area contributed by atoms with Gasteiger partial charge in [0.1, 0.15) is 0 Å². The molecule has 0 spiro atoms. The first kappa shape index (κ1) is 18.3. The number of hydrogen-bond acceptors (Lipinski definition) is 6. The Morgan fingerprint density at radius 1 is 1.00 bits per heavy atom. The number of fused-ring (bicyclic) bond motifs is 1. The lowest BCUT2D eigenvalue weighted by Gasteiger charge is -2.34. The quantitative estimate of drug-likeness (QED) is 0.786. The van der Waals surface area contributed by atoms with Crippen LogP contribution < -0.4 is 5.56 Å². The van der Waals surface area contributed by atoms with Gasteiger partial charge >= 0.3 is 0 Å². The van der Waals surface area contributed by atoms with Crippen molar-refractivity contribution >= 4 is 0 Å². The molecular weight excluding hydrogens is 340 g/mol. The summed E-state index contributed by atoms with van der Waals surface area (Å²) < 4.78 is 1.67. The molecule has 1 aliphatic heterocycles. The Morgan fingerprint density at radius 2 is 1.78 bits per heavy atom. The standard InChI is InChI=1S/C20H28N6O/c1-16-13-21-14-18(22-16)15-25-8-6-24(7-9-25)10-11-26-20(27)12-17-4-2-3-5-19(17)23-26/h12-14H,2-11,15H2,1H3. The van der Waals surface area contributed by atoms with Crippen LogP contribution in [0.3, 0.4) is 0 Å². The summed E-state index contributed by atoms with van der Waals surface area (Å²) >= 11 is 0. The first-order valence-electron chi connectivity index (χ1n) is 9.99. The Kier molecular flexibility index (Phi) is 5.59. The van der Waals surface area contributed by atoms with E-state index in [9.17, 15) is 4.79 Å². The second kappa shape index (κ2) is 8.27. The molecule has 0 aromatic carbocycles. The maximum atomic E-state index is 12.3. The van der Waals surface area contributed by atoms with Gasteiger partial charge in [-0.2, -0.15) is 5.10 Å². The molecule has 2 aromatic rings. The molecule has 1 aliphatic carbocycles. The monoisotopic (exact) mass is 368 g/mol. The number of piperazine rings is 1. The maximum absolute atomic E-state index is 12.3. The summed E-state index contributed by atoms with van der Waals surface area (Å²) in [4.78, 5) is 25.9. The van der Waals surface area contributed by atoms with Gasteiger partial charge < -0.3 is 0 Å². The van der Waals surface area contributed by atoms with Crippen molar-refractivity contribution in [1.82, 2.24) is 29.5 Å². The largest absolute Gasteiger partial charge is 0.299 e. The minimum absolute atomic E-state index is 0.0484. The van der Waals surface area contributed by atoms with Gasteiger partial charge in [0.25, 0.3) is 5.56 Å². The Labute approximate surface area is 160 Å². The number of aryl methyl sites for hydroxylation is 3. The van der Waals surface area contributed by atoms with Crippen molar-refractivity contribution in [2.75, 3.05) is 32.7 Å². The van der Waals surface area contributed by atoms with Crippen LogP contribution in [0.2, 0.25) is 0 Å². The Hall–Kier alpha value is -2.12. The number of nitrogens with zero attached hydrogens (tertiary/aromatic N) is 6. The summed E-state index contributed by atoms with van der Waals surface area (Å²) in [5, 5.41) is 4.63. The highest BCUT2D eigenvalue weighted by molar-refractivity contribution is 5.20. The third kappa shape index (κ3) is 4.59. The van der Waals surface area contributed by atoms with Crippen LogP contribution in [0.1, 0.15) is 35.5 Å². The molecule has 144 valence electrons. The van der Waals surface area contributed by atoms with Gasteiger partial charge in [-0.1, -0.05) is 0 Å². The fourth-order valence-electron chi connectivity index (χ4n) is 3.99. The Balaban J connectivity index is 1.28. The Morgan fingerprint density at radius 3 is 2.59 bits per heavy atom. The second-order valence-corrected chi connectivity index (χ2v) is 7.65. The highest BCUT2D eigenvalue weighted by atomic mass is 16.1. The molecule has 0 bridgehead atoms. The predicted octanol–water partition coefficient (Wildman–Crippen LogP) is 1.04. The zero-order chi connectivity index (χ0) is 18.6. The molecule has 0 amide bonds. The third-order valence-corrected chi connectivity index (χ3v) is 5.56. The summed E-state index contributed by atoms with van der Waals surface area (Å²) in [5.74, 6) is 0. The van der Waals surface area contributed by atoms with E-state index in [1.54, 1.807) is 10.9 Å². The first-order chi connectivity index (χ1) is 13.2. The number of hydrogen-bond donors (Lipinski definition) is 0. The summed E-state index contributed by atoms with van der Waals surface area (Å²) in [6.45, 7) is 8.45. The van der Waals surface area contributed by atoms with Gasteiger partial charge in [0.05, 0.1) is 23.6 Å². The van der Waals surface area contributed by atoms with E-state index in [2.05, 4.69) is 24.9 Å². The minimum Gasteiger partial charge on any atom is -0.299 e. The number of rotatable bonds is 5. The van der Waals surface area contributed by atoms with Crippen LogP contribution in [0, 0.1) is 6.92 Å². The summed E-state index contributed by atoms with van der Waals surface area (Å²) in [6, 6.07) is 1.81. The van der Waals surface area contributed by atoms with Crippen LogP contribution in [0.4, 0.5) is 0 Å². The zero-order valence-electron chi connectivity index (χ0n) is 16.1. The van der Waals surface area contributed by atoms with Crippen molar-refractivity contribution < 1.29 is 0 Å². The topological polar surface area (TPSA) is 67.2 Å². The van der Waals surface area contributed by atoms with Gasteiger partial charge in [0.15, 0.2) is 0 Å². The fourth-order valence-corrected chi connectivity index (χ4v) is 3.99. The first-order valence-corrected chi connectivity index (χ1v) is 9.99. The highest BCUT2D eigenvalue weighted by Crippen LogP contribution is 2.16. The van der Waals surface area contributed by atoms with E-state index in [0.717, 1.165) is 74.8 Å². The molecule has 0 saturated carbocycles. The molecule has 2 aliphatic rings. The molecular formula is C20H28N6O. The highest BCUT2D eigenvalue weighted by Gasteiger charge is 2.18. The number of aromatic nitrogens is 4. The summed E-state index contributed by atoms with van der Waals surface area (Å²) in [6.07, 6.45) is 8.02. The van der Waals surface area contributed by atoms with E-state index in [0.29, 0.717) is 6.54 Å². The van der Waals surface area contributed by atoms with Gasteiger partial charge in [-0.3, -0.25) is 24.6 Å². The van der Waals surface area contributed by atoms with Crippen LogP contribution in [0.15, 0.2) is 23.3 Å². The van der Waals surface area contributed by atoms with Gasteiger partial charge in [0, 0.05) is 57.7 Å². The Bertz CT molecular complexity index is 841. The van der Waals surface area contributed by atoms with Crippen molar-refractivity contribution in [1.29, 1.82) is 0 Å². The molecule has 1 fully saturated rings. The third-order valence-electron chi connectivity index (χ3n) is 5.56. The van der Waals surface area contributed by atoms with Gasteiger partial charge in [-0.25, -0.2) is 4.68 Å². The predicted molar refractivity (Wildman–Crippen MR) is 104 cm³/mol. The smallest absolute Gasteiger partial charge is 0.267 e. The molecule has 3 heterocycles. The van der Waals surface area contributed by atoms with Gasteiger partial charge in [-0.05, 0) is 38.2 Å². The average Bonchev–Trinajstić information content (AvgIpc) is 2.67. The van der Waals surface area contributed by atoms with Crippen molar-refractivity contribution in [3.05, 3.63) is 51.5 Å². The molecule has 4 rings (SSSR count). The minimum atomic E-state index is 0.0484. The lowest BCUT2D eigenvalue weighted by Crippen LogP contribution is -2.47. The molecule has 0 radical (unpaired) electrons. The van der Waals surface area contributed by atoms with Gasteiger partial charge in [0.2, 0.25) is 0 Å². The summed E-state index contributed by atoms with van der Waals surface area (Å²) in [5.41, 5.74) is 4.34. The van der Waals surface area contributed by atoms with Gasteiger partial charge in [-0.15, -0.1) is 0 Å². The van der Waals surface area contributed by atoms with Crippen LogP contribution in [-0.4, -0.2) is 62.3 Å². The molecule has 0 N–H and O–H groups in total. The fraction of sp³-hybridized carbons (Fsp3) is 0.600. The molecule has 2 aromatic heterocycles. The van der Waals surface area contributed by atoms with Crippen LogP contribution in [-0.2, 0) is 25.9 Å². The van der Waals surface area contributed by atoms with E-state index in [1.807, 2.05) is 19.2 Å². The molecule has 0 unspecified atom stereocenters. The molecule has 7 heteroatoms. The van der Waals surface area contributed by atoms with Crippen LogP contribution >= 0.6 is 0 Å². The van der Waals surface area contributed by atoms with E-state index in [4.69, 9.17) is 0 Å². The maximum Gasteiger partial charge on any atom is 0.267 e. The van der Waals surface area contributed by atoms with Crippen LogP contribution in [0.5, 0.6) is 0 Å². The van der Waals surface area contributed by atoms with E-state index in [-0.39, 0.29) is 5.56 Å². The van der Waals surface area contributed by atoms with E-state index in [1.165, 1.54) is 12.8 Å². The molecule has 7 nitrogen and oxygen atoms in total. The summed E-state index contributed by atoms with van der Waals surface area (Å²) in [7, 11) is 0. The molecule has 0 atom stereocenters. The molecule has 27 heavy (non-hydrogen) atoms. The van der Waals surface area contributed by atoms with Crippen LogP contribution in [0.25, 0.3) is 0 Å². The van der Waals surface area contributed by atoms with Crippen molar-refractivity contribution in [3.8, 4) is 0 Å². The molecule has 1 saturated heterocycles. The lowest BCUT2D eigenvalue weighted by molar-refractivity contribution is 0.121. The van der Waals surface area contributed by atoms with E-state index < -0.39 is 0 Å². The van der Waals surface area contributed by atoms with Crippen molar-refractivity contribution in [2.45, 2.75) is 45.7 Å². The van der Waals surface area contributed by atoms with Crippen molar-refractivity contribution in [2.24, 2.45) is 0 Å². The second-order valence-electron chi connectivity index (χ2n) is 7.65. The van der Waals surface area contributed by atoms with E-state index >= 15 is 0 Å². The normalized spacial score (nSPS) is 18.4. The lowest BCUT2D eigenvalue weighted by atomic mass is 9.97.